The number of carbonyl (C=O) groups excluding carboxylic acids is 2. The molecular formula is C20H22Cl2F2N4O4. The third kappa shape index (κ3) is 3.87. The van der Waals surface area contributed by atoms with Crippen LogP contribution in [0.25, 0.3) is 0 Å². The van der Waals surface area contributed by atoms with Crippen molar-refractivity contribution in [1.82, 2.24) is 21.3 Å². The number of carbonyl (C=O) groups is 2. The number of ether oxygens (including phenoxy) is 2. The van der Waals surface area contributed by atoms with Gasteiger partial charge in [0.25, 0.3) is 12.3 Å². The van der Waals surface area contributed by atoms with Crippen molar-refractivity contribution in [2.75, 3.05) is 19.7 Å². The number of halogens is 4. The van der Waals surface area contributed by atoms with Crippen molar-refractivity contribution < 1.29 is 27.8 Å². The molecule has 174 valence electrons. The topological polar surface area (TPSA) is 101 Å². The van der Waals surface area contributed by atoms with Gasteiger partial charge in [-0.05, 0) is 19.3 Å². The Labute approximate surface area is 192 Å². The molecule has 1 aromatic rings. The zero-order valence-electron chi connectivity index (χ0n) is 16.9. The largest absolute Gasteiger partial charge is 0.485 e. The maximum absolute atomic E-state index is 12.7. The van der Waals surface area contributed by atoms with E-state index in [1.54, 1.807) is 6.07 Å². The highest BCUT2D eigenvalue weighted by Crippen LogP contribution is 2.60. The van der Waals surface area contributed by atoms with Crippen LogP contribution in [0.2, 0.25) is 10.0 Å². The van der Waals surface area contributed by atoms with E-state index < -0.39 is 24.6 Å². The number of nitrogens with one attached hydrogen (secondary N) is 4. The summed E-state index contributed by atoms with van der Waals surface area (Å²) < 4.78 is 36.8. The van der Waals surface area contributed by atoms with Gasteiger partial charge >= 0.3 is 0 Å². The minimum absolute atomic E-state index is 0.0345. The van der Waals surface area contributed by atoms with Crippen LogP contribution in [-0.4, -0.2) is 67.2 Å². The number of amides is 2. The van der Waals surface area contributed by atoms with Crippen molar-refractivity contribution in [2.45, 2.75) is 55.0 Å². The van der Waals surface area contributed by atoms with Crippen LogP contribution in [0.15, 0.2) is 12.1 Å². The molecule has 2 heterocycles. The quantitative estimate of drug-likeness (QED) is 0.495. The van der Waals surface area contributed by atoms with E-state index in [1.165, 1.54) is 6.07 Å². The Balaban J connectivity index is 1.10. The molecule has 8 nitrogen and oxygen atoms in total. The van der Waals surface area contributed by atoms with Crippen LogP contribution in [-0.2, 0) is 9.59 Å². The van der Waals surface area contributed by atoms with Gasteiger partial charge in [0, 0.05) is 36.3 Å². The molecule has 32 heavy (non-hydrogen) atoms. The Morgan fingerprint density at radius 3 is 2.22 bits per heavy atom. The fraction of sp³-hybridized carbons (Fsp3) is 0.600. The van der Waals surface area contributed by atoms with Gasteiger partial charge in [0.05, 0.1) is 22.1 Å². The van der Waals surface area contributed by atoms with E-state index in [0.717, 1.165) is 0 Å². The molecule has 0 spiro atoms. The van der Waals surface area contributed by atoms with E-state index in [0.29, 0.717) is 40.8 Å². The van der Waals surface area contributed by atoms with E-state index in [4.69, 9.17) is 32.7 Å². The fourth-order valence-electron chi connectivity index (χ4n) is 4.99. The highest BCUT2D eigenvalue weighted by molar-refractivity contribution is 6.42. The summed E-state index contributed by atoms with van der Waals surface area (Å²) in [5, 5.41) is 12.2. The minimum atomic E-state index is -2.48. The third-order valence-corrected chi connectivity index (χ3v) is 7.26. The lowest BCUT2D eigenvalue weighted by Crippen LogP contribution is -2.85. The highest BCUT2D eigenvalue weighted by Gasteiger charge is 2.69. The SMILES string of the molecule is O=C(NC12CC(NC(=O)C3COc4cc(Cl)c(Cl)cc4O3)(C1)C2)C1CNC(C(F)F)CN1. The molecule has 6 rings (SSSR count). The van der Waals surface area contributed by atoms with Crippen LogP contribution < -0.4 is 30.7 Å². The highest BCUT2D eigenvalue weighted by atomic mass is 35.5. The number of fused-ring (bicyclic) bond motifs is 1. The van der Waals surface area contributed by atoms with Crippen LogP contribution in [0.5, 0.6) is 11.5 Å². The normalized spacial score (nSPS) is 34.8. The van der Waals surface area contributed by atoms with E-state index in [1.807, 2.05) is 0 Å². The predicted octanol–water partition coefficient (Wildman–Crippen LogP) is 1.24. The fourth-order valence-corrected chi connectivity index (χ4v) is 5.29. The second-order valence-electron chi connectivity index (χ2n) is 9.01. The Morgan fingerprint density at radius 2 is 1.62 bits per heavy atom. The number of hydrogen-bond donors (Lipinski definition) is 4. The first-order valence-corrected chi connectivity index (χ1v) is 11.1. The molecule has 2 aliphatic heterocycles. The molecule has 3 saturated carbocycles. The van der Waals surface area contributed by atoms with Gasteiger partial charge in [0.1, 0.15) is 6.61 Å². The van der Waals surface area contributed by atoms with Gasteiger partial charge in [-0.15, -0.1) is 0 Å². The second kappa shape index (κ2) is 7.86. The molecule has 0 radical (unpaired) electrons. The zero-order chi connectivity index (χ0) is 22.7. The smallest absolute Gasteiger partial charge is 0.265 e. The number of benzene rings is 1. The molecule has 1 saturated heterocycles. The van der Waals surface area contributed by atoms with Crippen LogP contribution in [0.3, 0.4) is 0 Å². The monoisotopic (exact) mass is 490 g/mol. The first kappa shape index (κ1) is 21.9. The molecule has 2 bridgehead atoms. The number of alkyl halides is 2. The maximum atomic E-state index is 12.7. The van der Waals surface area contributed by atoms with Crippen LogP contribution in [0.1, 0.15) is 19.3 Å². The number of rotatable bonds is 5. The molecule has 3 unspecified atom stereocenters. The summed E-state index contributed by atoms with van der Waals surface area (Å²) in [5.41, 5.74) is -0.725. The van der Waals surface area contributed by atoms with Gasteiger partial charge in [-0.1, -0.05) is 23.2 Å². The molecule has 5 aliphatic rings. The molecule has 4 fully saturated rings. The predicted molar refractivity (Wildman–Crippen MR) is 112 cm³/mol. The number of hydrogen-bond acceptors (Lipinski definition) is 6. The average molecular weight is 491 g/mol. The molecule has 2 amide bonds. The van der Waals surface area contributed by atoms with Gasteiger partial charge in [-0.3, -0.25) is 9.59 Å². The molecule has 0 aromatic heterocycles. The van der Waals surface area contributed by atoms with Crippen molar-refractivity contribution in [3.05, 3.63) is 22.2 Å². The molecule has 1 aromatic carbocycles. The van der Waals surface area contributed by atoms with Gasteiger partial charge in [-0.25, -0.2) is 8.78 Å². The Morgan fingerprint density at radius 1 is 1.00 bits per heavy atom. The summed E-state index contributed by atoms with van der Waals surface area (Å²) in [6.07, 6.45) is -1.46. The Hall–Kier alpha value is -1.88. The average Bonchev–Trinajstić information content (AvgIpc) is 2.71. The van der Waals surface area contributed by atoms with Crippen LogP contribution in [0.4, 0.5) is 8.78 Å². The lowest BCUT2D eigenvalue weighted by molar-refractivity contribution is -0.155. The molecule has 3 atom stereocenters. The first-order chi connectivity index (χ1) is 15.2. The zero-order valence-corrected chi connectivity index (χ0v) is 18.4. The number of piperazine rings is 1. The summed E-state index contributed by atoms with van der Waals surface area (Å²) >= 11 is 12.0. The van der Waals surface area contributed by atoms with Crippen LogP contribution in [0, 0.1) is 0 Å². The van der Waals surface area contributed by atoms with Crippen molar-refractivity contribution >= 4 is 35.0 Å². The van der Waals surface area contributed by atoms with Gasteiger partial charge in [-0.2, -0.15) is 0 Å². The summed E-state index contributed by atoms with van der Waals surface area (Å²) in [7, 11) is 0. The summed E-state index contributed by atoms with van der Waals surface area (Å²) in [6.45, 7) is 0.232. The van der Waals surface area contributed by atoms with Crippen molar-refractivity contribution in [3.63, 3.8) is 0 Å². The lowest BCUT2D eigenvalue weighted by atomic mass is 9.44. The van der Waals surface area contributed by atoms with Gasteiger partial charge < -0.3 is 30.7 Å². The van der Waals surface area contributed by atoms with E-state index in [2.05, 4.69) is 21.3 Å². The second-order valence-corrected chi connectivity index (χ2v) is 9.82. The molecular weight excluding hydrogens is 469 g/mol. The summed E-state index contributed by atoms with van der Waals surface area (Å²) in [6, 6.07) is 1.56. The van der Waals surface area contributed by atoms with Crippen molar-refractivity contribution in [1.29, 1.82) is 0 Å². The van der Waals surface area contributed by atoms with Gasteiger partial charge in [0.2, 0.25) is 12.0 Å². The Kier molecular flexibility index (Phi) is 5.39. The van der Waals surface area contributed by atoms with Crippen LogP contribution >= 0.6 is 23.2 Å². The van der Waals surface area contributed by atoms with Crippen molar-refractivity contribution in [3.8, 4) is 11.5 Å². The van der Waals surface area contributed by atoms with Gasteiger partial charge in [0.15, 0.2) is 11.5 Å². The molecule has 4 N–H and O–H groups in total. The van der Waals surface area contributed by atoms with E-state index >= 15 is 0 Å². The summed E-state index contributed by atoms with van der Waals surface area (Å²) in [5.74, 6) is 0.273. The molecule has 12 heteroatoms. The molecule has 3 aliphatic carbocycles. The third-order valence-electron chi connectivity index (χ3n) is 6.53. The summed E-state index contributed by atoms with van der Waals surface area (Å²) in [4.78, 5) is 25.2. The van der Waals surface area contributed by atoms with Crippen molar-refractivity contribution in [2.24, 2.45) is 0 Å². The first-order valence-electron chi connectivity index (χ1n) is 10.4. The maximum Gasteiger partial charge on any atom is 0.265 e. The van der Waals surface area contributed by atoms with E-state index in [-0.39, 0.29) is 42.6 Å². The minimum Gasteiger partial charge on any atom is -0.485 e. The Bertz CT molecular complexity index is 938. The standard InChI is InChI=1S/C20H22Cl2F2N4O4/c21-9-1-13-14(2-10(9)22)32-15(5-31-13)18(30)28-20-6-19(7-20,8-20)27-17(29)12-4-25-11(3-26-12)16(23)24/h1-2,11-12,15-16,25-26H,3-8H2,(H,27,29)(H,28,30). The lowest BCUT2D eigenvalue weighted by Gasteiger charge is -2.70. The van der Waals surface area contributed by atoms with E-state index in [9.17, 15) is 18.4 Å².